The normalized spacial score (nSPS) is 11.3. The molecule has 0 aliphatic carbocycles. The van der Waals surface area contributed by atoms with Crippen LogP contribution in [0.15, 0.2) is 47.4 Å². The van der Waals surface area contributed by atoms with E-state index in [0.717, 1.165) is 11.1 Å². The van der Waals surface area contributed by atoms with Crippen molar-refractivity contribution in [2.24, 2.45) is 0 Å². The van der Waals surface area contributed by atoms with Crippen molar-refractivity contribution in [2.75, 3.05) is 17.6 Å². The summed E-state index contributed by atoms with van der Waals surface area (Å²) in [5, 5.41) is 0. The number of nitrogens with two attached hydrogens (primary N) is 1. The summed E-state index contributed by atoms with van der Waals surface area (Å²) >= 11 is 0. The summed E-state index contributed by atoms with van der Waals surface area (Å²) in [5.74, 6) is 0. The maximum absolute atomic E-state index is 12.5. The highest BCUT2D eigenvalue weighted by Crippen LogP contribution is 2.22. The molecule has 0 aromatic heterocycles. The lowest BCUT2D eigenvalue weighted by Gasteiger charge is -2.13. The Morgan fingerprint density at radius 1 is 1.19 bits per heavy atom. The van der Waals surface area contributed by atoms with Gasteiger partial charge in [-0.1, -0.05) is 18.2 Å². The Balaban J connectivity index is 2.37. The van der Waals surface area contributed by atoms with Gasteiger partial charge in [0.1, 0.15) is 0 Å². The molecular formula is C15H18N2O3S. The van der Waals surface area contributed by atoms with Gasteiger partial charge >= 0.3 is 0 Å². The number of benzene rings is 2. The van der Waals surface area contributed by atoms with Crippen molar-refractivity contribution in [2.45, 2.75) is 18.4 Å². The van der Waals surface area contributed by atoms with E-state index in [1.54, 1.807) is 38.3 Å². The van der Waals surface area contributed by atoms with Gasteiger partial charge in [-0.15, -0.1) is 0 Å². The fourth-order valence-corrected chi connectivity index (χ4v) is 3.28. The molecule has 0 unspecified atom stereocenters. The number of ether oxygens (including phenoxy) is 1. The number of nitrogens with one attached hydrogen (secondary N) is 1. The molecule has 0 spiro atoms. The van der Waals surface area contributed by atoms with Crippen LogP contribution in [-0.2, 0) is 21.4 Å². The van der Waals surface area contributed by atoms with Gasteiger partial charge in [0, 0.05) is 18.4 Å². The third kappa shape index (κ3) is 3.74. The van der Waals surface area contributed by atoms with Gasteiger partial charge in [0.15, 0.2) is 0 Å². The molecule has 0 heterocycles. The molecule has 0 fully saturated rings. The highest BCUT2D eigenvalue weighted by Gasteiger charge is 2.16. The molecular weight excluding hydrogens is 288 g/mol. The zero-order chi connectivity index (χ0) is 15.5. The topological polar surface area (TPSA) is 81.4 Å². The molecule has 5 nitrogen and oxygen atoms in total. The van der Waals surface area contributed by atoms with E-state index in [4.69, 9.17) is 10.5 Å². The minimum Gasteiger partial charge on any atom is -0.399 e. The van der Waals surface area contributed by atoms with Crippen LogP contribution in [0.1, 0.15) is 11.1 Å². The Morgan fingerprint density at radius 2 is 1.90 bits per heavy atom. The molecule has 2 aromatic rings. The van der Waals surface area contributed by atoms with E-state index in [1.165, 1.54) is 6.07 Å². The fraction of sp³-hybridized carbons (Fsp3) is 0.200. The zero-order valence-corrected chi connectivity index (χ0v) is 12.8. The Kier molecular flexibility index (Phi) is 4.50. The van der Waals surface area contributed by atoms with Gasteiger partial charge in [0.05, 0.1) is 17.2 Å². The predicted octanol–water partition coefficient (Wildman–Crippen LogP) is 2.52. The zero-order valence-electron chi connectivity index (χ0n) is 12.0. The number of hydrogen-bond acceptors (Lipinski definition) is 4. The van der Waals surface area contributed by atoms with Crippen molar-refractivity contribution in [3.05, 3.63) is 53.6 Å². The highest BCUT2D eigenvalue weighted by atomic mass is 32.2. The predicted molar refractivity (Wildman–Crippen MR) is 83.6 cm³/mol. The highest BCUT2D eigenvalue weighted by molar-refractivity contribution is 7.92. The summed E-state index contributed by atoms with van der Waals surface area (Å²) in [5.41, 5.74) is 8.19. The third-order valence-electron chi connectivity index (χ3n) is 2.95. The molecule has 0 saturated heterocycles. The number of hydrogen-bond donors (Lipinski definition) is 2. The van der Waals surface area contributed by atoms with Crippen LogP contribution in [0, 0.1) is 6.92 Å². The van der Waals surface area contributed by atoms with Gasteiger partial charge in [-0.25, -0.2) is 8.42 Å². The maximum Gasteiger partial charge on any atom is 0.261 e. The second-order valence-electron chi connectivity index (χ2n) is 4.78. The van der Waals surface area contributed by atoms with Crippen molar-refractivity contribution in [3.8, 4) is 0 Å². The summed E-state index contributed by atoms with van der Waals surface area (Å²) in [6.45, 7) is 2.13. The summed E-state index contributed by atoms with van der Waals surface area (Å²) in [4.78, 5) is 0.146. The number of nitrogen functional groups attached to an aromatic ring is 1. The first kappa shape index (κ1) is 15.3. The number of methoxy groups -OCH3 is 1. The van der Waals surface area contributed by atoms with Gasteiger partial charge < -0.3 is 10.5 Å². The van der Waals surface area contributed by atoms with Gasteiger partial charge in [0.25, 0.3) is 10.0 Å². The van der Waals surface area contributed by atoms with E-state index in [9.17, 15) is 8.42 Å². The van der Waals surface area contributed by atoms with Crippen LogP contribution in [0.25, 0.3) is 0 Å². The fourth-order valence-electron chi connectivity index (χ4n) is 2.04. The minimum absolute atomic E-state index is 0.146. The molecule has 0 atom stereocenters. The van der Waals surface area contributed by atoms with Crippen LogP contribution in [-0.4, -0.2) is 15.5 Å². The number of sulfonamides is 1. The third-order valence-corrected chi connectivity index (χ3v) is 4.29. The van der Waals surface area contributed by atoms with Crippen LogP contribution < -0.4 is 10.5 Å². The number of anilines is 2. The summed E-state index contributed by atoms with van der Waals surface area (Å²) in [7, 11) is -2.12. The first-order chi connectivity index (χ1) is 9.92. The molecule has 0 bridgehead atoms. The standard InChI is InChI=1S/C15H18N2O3S/c1-11-7-13(16)9-14(8-11)21(18,19)17-15-6-4-3-5-12(15)10-20-2/h3-9,17H,10,16H2,1-2H3. The second-order valence-corrected chi connectivity index (χ2v) is 6.46. The van der Waals surface area contributed by atoms with E-state index >= 15 is 0 Å². The molecule has 2 aromatic carbocycles. The van der Waals surface area contributed by atoms with Crippen molar-refractivity contribution in [1.82, 2.24) is 0 Å². The first-order valence-electron chi connectivity index (χ1n) is 6.39. The van der Waals surface area contributed by atoms with Crippen molar-refractivity contribution < 1.29 is 13.2 Å². The molecule has 0 amide bonds. The van der Waals surface area contributed by atoms with Crippen LogP contribution in [0.4, 0.5) is 11.4 Å². The largest absolute Gasteiger partial charge is 0.399 e. The number of rotatable bonds is 5. The average molecular weight is 306 g/mol. The second kappa shape index (κ2) is 6.15. The first-order valence-corrected chi connectivity index (χ1v) is 7.87. The van der Waals surface area contributed by atoms with Gasteiger partial charge in [-0.2, -0.15) is 0 Å². The van der Waals surface area contributed by atoms with Gasteiger partial charge in [0.2, 0.25) is 0 Å². The lowest BCUT2D eigenvalue weighted by atomic mass is 10.2. The molecule has 3 N–H and O–H groups in total. The van der Waals surface area contributed by atoms with E-state index in [-0.39, 0.29) is 4.90 Å². The molecule has 6 heteroatoms. The smallest absolute Gasteiger partial charge is 0.261 e. The SMILES string of the molecule is COCc1ccccc1NS(=O)(=O)c1cc(C)cc(N)c1. The Bertz CT molecular complexity index is 722. The summed E-state index contributed by atoms with van der Waals surface area (Å²) in [6.07, 6.45) is 0. The molecule has 112 valence electrons. The van der Waals surface area contributed by atoms with E-state index in [1.807, 2.05) is 12.1 Å². The Labute approximate surface area is 124 Å². The Morgan fingerprint density at radius 3 is 2.57 bits per heavy atom. The molecule has 21 heavy (non-hydrogen) atoms. The maximum atomic E-state index is 12.5. The monoisotopic (exact) mass is 306 g/mol. The molecule has 0 aliphatic rings. The van der Waals surface area contributed by atoms with Crippen LogP contribution >= 0.6 is 0 Å². The summed E-state index contributed by atoms with van der Waals surface area (Å²) in [6, 6.07) is 11.8. The summed E-state index contributed by atoms with van der Waals surface area (Å²) < 4.78 is 32.6. The molecule has 2 rings (SSSR count). The van der Waals surface area contributed by atoms with E-state index in [0.29, 0.717) is 18.0 Å². The van der Waals surface area contributed by atoms with Gasteiger partial charge in [-0.05, 0) is 36.8 Å². The van der Waals surface area contributed by atoms with E-state index < -0.39 is 10.0 Å². The van der Waals surface area contributed by atoms with Crippen LogP contribution in [0.2, 0.25) is 0 Å². The van der Waals surface area contributed by atoms with Gasteiger partial charge in [-0.3, -0.25) is 4.72 Å². The van der Waals surface area contributed by atoms with Crippen molar-refractivity contribution in [3.63, 3.8) is 0 Å². The lowest BCUT2D eigenvalue weighted by molar-refractivity contribution is 0.185. The van der Waals surface area contributed by atoms with Crippen molar-refractivity contribution in [1.29, 1.82) is 0 Å². The number of aryl methyl sites for hydroxylation is 1. The molecule has 0 aliphatic heterocycles. The van der Waals surface area contributed by atoms with Crippen LogP contribution in [0.3, 0.4) is 0 Å². The van der Waals surface area contributed by atoms with Crippen molar-refractivity contribution >= 4 is 21.4 Å². The lowest BCUT2D eigenvalue weighted by Crippen LogP contribution is -2.15. The quantitative estimate of drug-likeness (QED) is 0.832. The molecule has 0 radical (unpaired) electrons. The minimum atomic E-state index is -3.68. The molecule has 0 saturated carbocycles. The van der Waals surface area contributed by atoms with E-state index in [2.05, 4.69) is 4.72 Å². The Hall–Kier alpha value is -2.05. The average Bonchev–Trinajstić information content (AvgIpc) is 2.40. The number of para-hydroxylation sites is 1. The van der Waals surface area contributed by atoms with Crippen LogP contribution in [0.5, 0.6) is 0 Å².